The lowest BCUT2D eigenvalue weighted by molar-refractivity contribution is 0.597. The van der Waals surface area contributed by atoms with Gasteiger partial charge in [0, 0.05) is 22.6 Å². The maximum atomic E-state index is 12.5. The van der Waals surface area contributed by atoms with E-state index < -0.39 is 0 Å². The molecule has 0 N–H and O–H groups in total. The maximum absolute atomic E-state index is 12.5. The monoisotopic (exact) mass is 403 g/mol. The van der Waals surface area contributed by atoms with Crippen molar-refractivity contribution in [2.75, 3.05) is 4.90 Å². The van der Waals surface area contributed by atoms with E-state index in [4.69, 9.17) is 4.42 Å². The van der Waals surface area contributed by atoms with Crippen molar-refractivity contribution in [3.8, 4) is 11.1 Å². The Hall–Kier alpha value is -4.11. The van der Waals surface area contributed by atoms with Crippen LogP contribution in [0.5, 0.6) is 0 Å². The molecule has 5 rings (SSSR count). The van der Waals surface area contributed by atoms with Crippen LogP contribution in [-0.2, 0) is 0 Å². The average molecular weight is 403 g/mol. The lowest BCUT2D eigenvalue weighted by Crippen LogP contribution is -2.09. The summed E-state index contributed by atoms with van der Waals surface area (Å²) in [5.74, 6) is 0. The summed E-state index contributed by atoms with van der Waals surface area (Å²) in [5, 5.41) is 0.608. The fraction of sp³-hybridized carbons (Fsp3) is 0.0357. The van der Waals surface area contributed by atoms with Gasteiger partial charge in [0.1, 0.15) is 5.58 Å². The van der Waals surface area contributed by atoms with Crippen molar-refractivity contribution in [2.24, 2.45) is 0 Å². The summed E-state index contributed by atoms with van der Waals surface area (Å²) in [5.41, 5.74) is 6.53. The normalized spacial score (nSPS) is 10.9. The summed E-state index contributed by atoms with van der Waals surface area (Å²) in [6.07, 6.45) is 1.51. The van der Waals surface area contributed by atoms with Crippen LogP contribution in [-0.4, -0.2) is 0 Å². The molecule has 0 aliphatic rings. The van der Waals surface area contributed by atoms with Gasteiger partial charge in [0.25, 0.3) is 0 Å². The van der Waals surface area contributed by atoms with E-state index in [0.717, 1.165) is 28.2 Å². The molecule has 0 bridgehead atoms. The summed E-state index contributed by atoms with van der Waals surface area (Å²) in [7, 11) is 0. The van der Waals surface area contributed by atoms with Crippen LogP contribution in [0.2, 0.25) is 0 Å². The highest BCUT2D eigenvalue weighted by molar-refractivity contribution is 5.84. The summed E-state index contributed by atoms with van der Waals surface area (Å²) >= 11 is 0. The van der Waals surface area contributed by atoms with Crippen LogP contribution in [0, 0.1) is 6.92 Å². The Morgan fingerprint density at radius 3 is 1.81 bits per heavy atom. The molecule has 31 heavy (non-hydrogen) atoms. The van der Waals surface area contributed by atoms with Crippen LogP contribution in [0.4, 0.5) is 17.1 Å². The molecule has 0 spiro atoms. The van der Waals surface area contributed by atoms with Crippen molar-refractivity contribution < 1.29 is 4.42 Å². The molecule has 0 saturated heterocycles. The first-order valence-electron chi connectivity index (χ1n) is 10.2. The summed E-state index contributed by atoms with van der Waals surface area (Å²) in [4.78, 5) is 14.7. The molecule has 3 nitrogen and oxygen atoms in total. The highest BCUT2D eigenvalue weighted by atomic mass is 16.3. The van der Waals surface area contributed by atoms with E-state index in [1.165, 1.54) is 6.26 Å². The molecule has 1 heterocycles. The van der Waals surface area contributed by atoms with Gasteiger partial charge in [0.05, 0.1) is 11.6 Å². The van der Waals surface area contributed by atoms with Gasteiger partial charge in [0.2, 0.25) is 0 Å². The fourth-order valence-corrected chi connectivity index (χ4v) is 3.81. The molecule has 4 aromatic carbocycles. The first-order valence-corrected chi connectivity index (χ1v) is 10.2. The molecule has 0 aliphatic heterocycles. The van der Waals surface area contributed by atoms with Crippen molar-refractivity contribution in [2.45, 2.75) is 6.92 Å². The summed E-state index contributed by atoms with van der Waals surface area (Å²) in [6, 6.07) is 34.8. The zero-order chi connectivity index (χ0) is 21.2. The van der Waals surface area contributed by atoms with Gasteiger partial charge in [-0.1, -0.05) is 54.6 Å². The third kappa shape index (κ3) is 3.62. The van der Waals surface area contributed by atoms with Gasteiger partial charge in [-0.25, -0.2) is 0 Å². The number of anilines is 3. The second-order valence-corrected chi connectivity index (χ2v) is 7.51. The highest BCUT2D eigenvalue weighted by Gasteiger charge is 2.12. The molecule has 1 aromatic heterocycles. The maximum Gasteiger partial charge on any atom is 0.195 e. The van der Waals surface area contributed by atoms with Crippen molar-refractivity contribution in [1.82, 2.24) is 0 Å². The Morgan fingerprint density at radius 2 is 1.19 bits per heavy atom. The van der Waals surface area contributed by atoms with E-state index in [9.17, 15) is 4.79 Å². The number of rotatable bonds is 4. The van der Waals surface area contributed by atoms with Gasteiger partial charge < -0.3 is 9.32 Å². The van der Waals surface area contributed by atoms with E-state index in [1.54, 1.807) is 6.92 Å². The first kappa shape index (κ1) is 18.9. The standard InChI is InChI=1S/C28H21NO2/c1-20-19-31-27-17-14-22(18-26(27)28(20)30)21-12-15-25(16-13-21)29(23-8-4-2-5-9-23)24-10-6-3-7-11-24/h2-19H,1H3. The van der Waals surface area contributed by atoms with Crippen LogP contribution in [0.25, 0.3) is 22.1 Å². The van der Waals surface area contributed by atoms with Gasteiger partial charge in [-0.2, -0.15) is 0 Å². The SMILES string of the molecule is Cc1coc2ccc(-c3ccc(N(c4ccccc4)c4ccccc4)cc3)cc2c1=O. The van der Waals surface area contributed by atoms with Gasteiger partial charge in [-0.15, -0.1) is 0 Å². The lowest BCUT2D eigenvalue weighted by Gasteiger charge is -2.25. The van der Waals surface area contributed by atoms with Crippen LogP contribution in [0.1, 0.15) is 5.56 Å². The molecule has 0 radical (unpaired) electrons. The number of para-hydroxylation sites is 2. The van der Waals surface area contributed by atoms with Gasteiger partial charge in [-0.05, 0) is 66.6 Å². The van der Waals surface area contributed by atoms with E-state index in [1.807, 2.05) is 54.6 Å². The molecule has 150 valence electrons. The quantitative estimate of drug-likeness (QED) is 0.317. The van der Waals surface area contributed by atoms with Gasteiger partial charge in [-0.3, -0.25) is 4.79 Å². The zero-order valence-corrected chi connectivity index (χ0v) is 17.2. The number of hydrogen-bond donors (Lipinski definition) is 0. The average Bonchev–Trinajstić information content (AvgIpc) is 2.83. The van der Waals surface area contributed by atoms with E-state index in [0.29, 0.717) is 16.5 Å². The summed E-state index contributed by atoms with van der Waals surface area (Å²) < 4.78 is 5.56. The van der Waals surface area contributed by atoms with Crippen molar-refractivity contribution in [1.29, 1.82) is 0 Å². The Bertz CT molecular complexity index is 1350. The van der Waals surface area contributed by atoms with Crippen molar-refractivity contribution >= 4 is 28.0 Å². The predicted octanol–water partition coefficient (Wildman–Crippen LogP) is 7.24. The van der Waals surface area contributed by atoms with E-state index >= 15 is 0 Å². The number of fused-ring (bicyclic) bond motifs is 1. The molecule has 0 atom stereocenters. The number of hydrogen-bond acceptors (Lipinski definition) is 3. The van der Waals surface area contributed by atoms with Crippen LogP contribution in [0.3, 0.4) is 0 Å². The Morgan fingerprint density at radius 1 is 0.645 bits per heavy atom. The fourth-order valence-electron chi connectivity index (χ4n) is 3.81. The third-order valence-corrected chi connectivity index (χ3v) is 5.43. The molecule has 0 unspecified atom stereocenters. The third-order valence-electron chi connectivity index (χ3n) is 5.43. The topological polar surface area (TPSA) is 33.5 Å². The molecular formula is C28H21NO2. The molecule has 5 aromatic rings. The number of nitrogens with zero attached hydrogens (tertiary/aromatic N) is 1. The highest BCUT2D eigenvalue weighted by Crippen LogP contribution is 2.35. The molecule has 0 aliphatic carbocycles. The Labute approximate surface area is 180 Å². The second kappa shape index (κ2) is 7.96. The molecule has 0 amide bonds. The zero-order valence-electron chi connectivity index (χ0n) is 17.2. The Kier molecular flexibility index (Phi) is 4.85. The molecule has 3 heteroatoms. The molecular weight excluding hydrogens is 382 g/mol. The smallest absolute Gasteiger partial charge is 0.195 e. The van der Waals surface area contributed by atoms with Crippen molar-refractivity contribution in [3.05, 3.63) is 125 Å². The van der Waals surface area contributed by atoms with Crippen LogP contribution >= 0.6 is 0 Å². The molecule has 0 fully saturated rings. The van der Waals surface area contributed by atoms with Crippen LogP contribution < -0.4 is 10.3 Å². The van der Waals surface area contributed by atoms with Gasteiger partial charge in [0.15, 0.2) is 5.43 Å². The number of benzene rings is 4. The van der Waals surface area contributed by atoms with Crippen molar-refractivity contribution in [3.63, 3.8) is 0 Å². The first-order chi connectivity index (χ1) is 15.2. The lowest BCUT2D eigenvalue weighted by atomic mass is 10.0. The minimum absolute atomic E-state index is 0.0130. The second-order valence-electron chi connectivity index (χ2n) is 7.51. The van der Waals surface area contributed by atoms with E-state index in [-0.39, 0.29) is 5.43 Å². The minimum atomic E-state index is 0.0130. The van der Waals surface area contributed by atoms with Crippen LogP contribution in [0.15, 0.2) is 119 Å². The van der Waals surface area contributed by atoms with E-state index in [2.05, 4.69) is 53.4 Å². The van der Waals surface area contributed by atoms with Gasteiger partial charge >= 0.3 is 0 Å². The number of aryl methyl sites for hydroxylation is 1. The Balaban J connectivity index is 1.56. The molecule has 0 saturated carbocycles. The predicted molar refractivity (Wildman–Crippen MR) is 127 cm³/mol. The minimum Gasteiger partial charge on any atom is -0.464 e. The largest absolute Gasteiger partial charge is 0.464 e. The summed E-state index contributed by atoms with van der Waals surface area (Å²) in [6.45, 7) is 1.77.